The first kappa shape index (κ1) is 14.5. The van der Waals surface area contributed by atoms with E-state index in [2.05, 4.69) is 5.32 Å². The number of hydrogen-bond donors (Lipinski definition) is 2. The highest BCUT2D eigenvalue weighted by atomic mass is 32.1. The molecule has 0 aromatic carbocycles. The van der Waals surface area contributed by atoms with Gasteiger partial charge < -0.3 is 15.3 Å². The van der Waals surface area contributed by atoms with E-state index in [1.807, 2.05) is 24.4 Å². The molecular formula is C12H18N2O3S. The first-order valence-electron chi connectivity index (χ1n) is 5.82. The predicted octanol–water partition coefficient (Wildman–Crippen LogP) is 2.00. The smallest absolute Gasteiger partial charge is 0.317 e. The van der Waals surface area contributed by atoms with Gasteiger partial charge in [-0.15, -0.1) is 11.3 Å². The molecule has 18 heavy (non-hydrogen) atoms. The molecule has 1 aromatic heterocycles. The zero-order valence-corrected chi connectivity index (χ0v) is 11.4. The summed E-state index contributed by atoms with van der Waals surface area (Å²) in [6.45, 7) is 4.63. The Morgan fingerprint density at radius 2 is 2.28 bits per heavy atom. The molecule has 5 nitrogen and oxygen atoms in total. The van der Waals surface area contributed by atoms with Gasteiger partial charge in [0, 0.05) is 18.0 Å². The molecule has 0 fully saturated rings. The fourth-order valence-corrected chi connectivity index (χ4v) is 2.10. The molecular weight excluding hydrogens is 252 g/mol. The quantitative estimate of drug-likeness (QED) is 0.830. The van der Waals surface area contributed by atoms with Crippen molar-refractivity contribution in [2.75, 3.05) is 13.1 Å². The van der Waals surface area contributed by atoms with Crippen LogP contribution in [0.25, 0.3) is 0 Å². The van der Waals surface area contributed by atoms with Gasteiger partial charge in [0.25, 0.3) is 0 Å². The molecule has 0 saturated carbocycles. The van der Waals surface area contributed by atoms with Crippen molar-refractivity contribution in [3.8, 4) is 0 Å². The van der Waals surface area contributed by atoms with Crippen molar-refractivity contribution in [1.82, 2.24) is 10.2 Å². The van der Waals surface area contributed by atoms with Crippen molar-refractivity contribution in [3.63, 3.8) is 0 Å². The van der Waals surface area contributed by atoms with Gasteiger partial charge in [0.2, 0.25) is 0 Å². The monoisotopic (exact) mass is 270 g/mol. The molecule has 0 radical (unpaired) electrons. The Balaban J connectivity index is 2.44. The molecule has 1 unspecified atom stereocenters. The topological polar surface area (TPSA) is 69.6 Å². The number of hydrogen-bond acceptors (Lipinski definition) is 3. The molecule has 0 aliphatic rings. The summed E-state index contributed by atoms with van der Waals surface area (Å²) < 4.78 is 0. The summed E-state index contributed by atoms with van der Waals surface area (Å²) in [5.41, 5.74) is 0. The second-order valence-electron chi connectivity index (χ2n) is 4.02. The third-order valence-electron chi connectivity index (χ3n) is 2.58. The molecule has 1 atom stereocenters. The lowest BCUT2D eigenvalue weighted by Crippen LogP contribution is -2.42. The molecule has 1 aromatic rings. The summed E-state index contributed by atoms with van der Waals surface area (Å²) in [7, 11) is 0. The number of aliphatic carboxylic acids is 1. The Morgan fingerprint density at radius 3 is 2.78 bits per heavy atom. The molecule has 0 spiro atoms. The van der Waals surface area contributed by atoms with E-state index in [-0.39, 0.29) is 12.6 Å². The van der Waals surface area contributed by atoms with Gasteiger partial charge in [-0.1, -0.05) is 13.0 Å². The number of thiophene rings is 1. The molecule has 0 bridgehead atoms. The molecule has 1 rings (SSSR count). The van der Waals surface area contributed by atoms with Crippen LogP contribution in [-0.2, 0) is 11.3 Å². The van der Waals surface area contributed by atoms with Crippen molar-refractivity contribution in [1.29, 1.82) is 0 Å². The van der Waals surface area contributed by atoms with Gasteiger partial charge in [-0.05, 0) is 18.4 Å². The number of carboxylic acid groups (broad SMARTS) is 1. The first-order chi connectivity index (χ1) is 8.54. The van der Waals surface area contributed by atoms with Crippen LogP contribution in [0.1, 0.15) is 18.7 Å². The number of amides is 2. The zero-order chi connectivity index (χ0) is 13.5. The molecule has 100 valence electrons. The molecule has 2 N–H and O–H groups in total. The molecule has 2 amide bonds. The Hall–Kier alpha value is -1.56. The van der Waals surface area contributed by atoms with E-state index in [0.717, 1.165) is 4.88 Å². The van der Waals surface area contributed by atoms with E-state index in [1.165, 1.54) is 4.90 Å². The van der Waals surface area contributed by atoms with Crippen LogP contribution in [-0.4, -0.2) is 35.1 Å². The SMILES string of the molecule is CCN(CC(C)C(=O)O)C(=O)NCc1cccs1. The zero-order valence-electron chi connectivity index (χ0n) is 10.5. The molecule has 0 aliphatic carbocycles. The number of carbonyl (C=O) groups excluding carboxylic acids is 1. The van der Waals surface area contributed by atoms with E-state index < -0.39 is 11.9 Å². The Morgan fingerprint density at radius 1 is 1.56 bits per heavy atom. The standard InChI is InChI=1S/C12H18N2O3S/c1-3-14(8-9(2)11(15)16)12(17)13-7-10-5-4-6-18-10/h4-6,9H,3,7-8H2,1-2H3,(H,13,17)(H,15,16). The average molecular weight is 270 g/mol. The largest absolute Gasteiger partial charge is 0.481 e. The van der Waals surface area contributed by atoms with Crippen LogP contribution in [0.3, 0.4) is 0 Å². The van der Waals surface area contributed by atoms with Crippen molar-refractivity contribution in [2.24, 2.45) is 5.92 Å². The Kier molecular flexibility index (Phi) is 5.64. The minimum absolute atomic E-state index is 0.223. The molecule has 1 heterocycles. The predicted molar refractivity (Wildman–Crippen MR) is 70.6 cm³/mol. The lowest BCUT2D eigenvalue weighted by atomic mass is 10.2. The fraction of sp³-hybridized carbons (Fsp3) is 0.500. The second-order valence-corrected chi connectivity index (χ2v) is 5.05. The van der Waals surface area contributed by atoms with E-state index in [9.17, 15) is 9.59 Å². The van der Waals surface area contributed by atoms with Gasteiger partial charge in [0.1, 0.15) is 0 Å². The van der Waals surface area contributed by atoms with Crippen molar-refractivity contribution < 1.29 is 14.7 Å². The summed E-state index contributed by atoms with van der Waals surface area (Å²) in [5.74, 6) is -1.45. The highest BCUT2D eigenvalue weighted by Gasteiger charge is 2.18. The van der Waals surface area contributed by atoms with Crippen molar-refractivity contribution in [3.05, 3.63) is 22.4 Å². The molecule has 0 saturated heterocycles. The van der Waals surface area contributed by atoms with Crippen molar-refractivity contribution >= 4 is 23.3 Å². The van der Waals surface area contributed by atoms with Crippen LogP contribution in [0.2, 0.25) is 0 Å². The number of nitrogens with zero attached hydrogens (tertiary/aromatic N) is 1. The first-order valence-corrected chi connectivity index (χ1v) is 6.70. The molecule has 6 heteroatoms. The van der Waals surface area contributed by atoms with E-state index in [0.29, 0.717) is 13.1 Å². The van der Waals surface area contributed by atoms with Crippen LogP contribution in [0.5, 0.6) is 0 Å². The summed E-state index contributed by atoms with van der Waals surface area (Å²) in [5, 5.41) is 13.6. The number of carboxylic acids is 1. The normalized spacial score (nSPS) is 11.9. The lowest BCUT2D eigenvalue weighted by Gasteiger charge is -2.23. The van der Waals surface area contributed by atoms with Crippen molar-refractivity contribution in [2.45, 2.75) is 20.4 Å². The highest BCUT2D eigenvalue weighted by molar-refractivity contribution is 7.09. The van der Waals surface area contributed by atoms with Crippen LogP contribution in [0, 0.1) is 5.92 Å². The summed E-state index contributed by atoms with van der Waals surface area (Å²) in [6.07, 6.45) is 0. The molecule has 0 aliphatic heterocycles. The maximum absolute atomic E-state index is 11.9. The highest BCUT2D eigenvalue weighted by Crippen LogP contribution is 2.08. The summed E-state index contributed by atoms with van der Waals surface area (Å²) in [4.78, 5) is 25.2. The third kappa shape index (κ3) is 4.37. The van der Waals surface area contributed by atoms with Gasteiger partial charge in [0.05, 0.1) is 12.5 Å². The van der Waals surface area contributed by atoms with Gasteiger partial charge in [-0.25, -0.2) is 4.79 Å². The number of urea groups is 1. The second kappa shape index (κ2) is 7.00. The number of rotatable bonds is 6. The van der Waals surface area contributed by atoms with E-state index in [1.54, 1.807) is 18.3 Å². The fourth-order valence-electron chi connectivity index (χ4n) is 1.45. The number of carbonyl (C=O) groups is 2. The Bertz CT molecular complexity index is 392. The summed E-state index contributed by atoms with van der Waals surface area (Å²) >= 11 is 1.58. The van der Waals surface area contributed by atoms with Gasteiger partial charge in [-0.3, -0.25) is 4.79 Å². The van der Waals surface area contributed by atoms with Gasteiger partial charge in [0.15, 0.2) is 0 Å². The van der Waals surface area contributed by atoms with E-state index in [4.69, 9.17) is 5.11 Å². The van der Waals surface area contributed by atoms with Crippen LogP contribution < -0.4 is 5.32 Å². The maximum Gasteiger partial charge on any atom is 0.317 e. The summed E-state index contributed by atoms with van der Waals surface area (Å²) in [6, 6.07) is 3.65. The average Bonchev–Trinajstić information content (AvgIpc) is 2.85. The van der Waals surface area contributed by atoms with Gasteiger partial charge in [-0.2, -0.15) is 0 Å². The lowest BCUT2D eigenvalue weighted by molar-refractivity contribution is -0.141. The number of nitrogens with one attached hydrogen (secondary N) is 1. The third-order valence-corrected chi connectivity index (χ3v) is 3.46. The van der Waals surface area contributed by atoms with Gasteiger partial charge >= 0.3 is 12.0 Å². The Labute approximate surface area is 110 Å². The van der Waals surface area contributed by atoms with Crippen LogP contribution >= 0.6 is 11.3 Å². The van der Waals surface area contributed by atoms with E-state index >= 15 is 0 Å². The minimum atomic E-state index is -0.889. The van der Waals surface area contributed by atoms with Crippen LogP contribution in [0.15, 0.2) is 17.5 Å². The maximum atomic E-state index is 11.9. The minimum Gasteiger partial charge on any atom is -0.481 e. The van der Waals surface area contributed by atoms with Crippen LogP contribution in [0.4, 0.5) is 4.79 Å².